The molecule has 5 rings (SSSR count). The molecular weight excluding hydrogens is 472 g/mol. The molecule has 1 aromatic heterocycles. The average molecular weight is 507 g/mol. The van der Waals surface area contributed by atoms with Gasteiger partial charge in [-0.2, -0.15) is 0 Å². The maximum Gasteiger partial charge on any atom is 0.160 e. The third kappa shape index (κ3) is 5.94. The molecule has 7 nitrogen and oxygen atoms in total. The van der Waals surface area contributed by atoms with Gasteiger partial charge in [0.1, 0.15) is 29.6 Å². The quantitative estimate of drug-likeness (QED) is 0.434. The number of methoxy groups -OCH3 is 1. The molecule has 36 heavy (non-hydrogen) atoms. The van der Waals surface area contributed by atoms with E-state index in [9.17, 15) is 0 Å². The number of hydrogen-bond donors (Lipinski definition) is 0. The molecule has 3 aliphatic rings. The number of allylic oxidation sites excluding steroid dienone is 3. The fraction of sp³-hybridized carbons (Fsp3) is 0.429. The number of hydrogen-bond acceptors (Lipinski definition) is 8. The van der Waals surface area contributed by atoms with E-state index in [-0.39, 0.29) is 6.04 Å². The number of likely N-dealkylation sites (tertiary alicyclic amines) is 1. The van der Waals surface area contributed by atoms with Crippen molar-refractivity contribution in [3.05, 3.63) is 72.7 Å². The van der Waals surface area contributed by atoms with Gasteiger partial charge < -0.3 is 19.1 Å². The van der Waals surface area contributed by atoms with Gasteiger partial charge in [-0.25, -0.2) is 4.98 Å². The lowest BCUT2D eigenvalue weighted by Gasteiger charge is -2.41. The summed E-state index contributed by atoms with van der Waals surface area (Å²) in [6.45, 7) is 3.24. The minimum Gasteiger partial charge on any atom is -0.497 e. The van der Waals surface area contributed by atoms with Gasteiger partial charge in [-0.05, 0) is 63.5 Å². The average Bonchev–Trinajstić information content (AvgIpc) is 2.94. The van der Waals surface area contributed by atoms with E-state index in [1.165, 1.54) is 5.57 Å². The van der Waals surface area contributed by atoms with Crippen molar-refractivity contribution < 1.29 is 14.2 Å². The summed E-state index contributed by atoms with van der Waals surface area (Å²) in [5.74, 6) is 2.67. The highest BCUT2D eigenvalue weighted by molar-refractivity contribution is 7.99. The van der Waals surface area contributed by atoms with Crippen LogP contribution < -0.4 is 4.74 Å². The molecule has 1 aromatic carbocycles. The highest BCUT2D eigenvalue weighted by Gasteiger charge is 2.32. The van der Waals surface area contributed by atoms with E-state index in [0.717, 1.165) is 78.6 Å². The Morgan fingerprint density at radius 2 is 2.11 bits per heavy atom. The highest BCUT2D eigenvalue weighted by atomic mass is 32.2. The predicted octanol–water partition coefficient (Wildman–Crippen LogP) is 5.13. The Morgan fingerprint density at radius 1 is 1.22 bits per heavy atom. The van der Waals surface area contributed by atoms with Crippen molar-refractivity contribution in [3.63, 3.8) is 0 Å². The van der Waals surface area contributed by atoms with Crippen molar-refractivity contribution in [2.75, 3.05) is 39.5 Å². The third-order valence-corrected chi connectivity index (χ3v) is 7.99. The van der Waals surface area contributed by atoms with Crippen molar-refractivity contribution in [3.8, 4) is 5.75 Å². The molecule has 0 bridgehead atoms. The molecule has 0 amide bonds. The summed E-state index contributed by atoms with van der Waals surface area (Å²) in [6, 6.07) is 6.42. The van der Waals surface area contributed by atoms with Crippen LogP contribution >= 0.6 is 11.8 Å². The number of ether oxygens (including phenoxy) is 3. The molecule has 2 aromatic rings. The van der Waals surface area contributed by atoms with Crippen LogP contribution in [0.4, 0.5) is 0 Å². The van der Waals surface area contributed by atoms with E-state index in [0.29, 0.717) is 6.04 Å². The Kier molecular flexibility index (Phi) is 8.25. The van der Waals surface area contributed by atoms with Crippen molar-refractivity contribution in [2.24, 2.45) is 0 Å². The van der Waals surface area contributed by atoms with Gasteiger partial charge in [-0.1, -0.05) is 18.2 Å². The zero-order valence-electron chi connectivity index (χ0n) is 21.0. The predicted molar refractivity (Wildman–Crippen MR) is 144 cm³/mol. The van der Waals surface area contributed by atoms with Crippen molar-refractivity contribution in [1.82, 2.24) is 19.8 Å². The summed E-state index contributed by atoms with van der Waals surface area (Å²) >= 11 is 1.77. The standard InChI is InChI=1S/C28H34N4O3S/c1-31(28(21-6-4-3-5-7-21)26-20-34-15-16-35-26)22-10-12-32(13-11-22)14-17-36-27-19-29-24-9-8-23(33-2)18-25(24)30-27/h3-4,6,8-9,15-16,18-20,22,28H,5,7,10-14,17H2,1-2H3. The van der Waals surface area contributed by atoms with Crippen LogP contribution in [0.3, 0.4) is 0 Å². The summed E-state index contributed by atoms with van der Waals surface area (Å²) in [6.07, 6.45) is 17.9. The zero-order chi connectivity index (χ0) is 24.7. The van der Waals surface area contributed by atoms with E-state index in [1.807, 2.05) is 24.4 Å². The first-order valence-electron chi connectivity index (χ1n) is 12.6. The third-order valence-electron chi connectivity index (χ3n) is 7.11. The SMILES string of the molecule is COc1ccc2ncc(SCCN3CCC(N(C)C(C4=CC=CCC4)C4=COC=CO4)CC3)nc2c1. The molecule has 2 aliphatic heterocycles. The molecule has 0 radical (unpaired) electrons. The van der Waals surface area contributed by atoms with Crippen LogP contribution in [-0.4, -0.2) is 71.4 Å². The molecule has 8 heteroatoms. The summed E-state index contributed by atoms with van der Waals surface area (Å²) in [5.41, 5.74) is 3.15. The molecule has 1 fully saturated rings. The summed E-state index contributed by atoms with van der Waals surface area (Å²) in [7, 11) is 3.90. The van der Waals surface area contributed by atoms with Gasteiger partial charge in [-0.15, -0.1) is 11.8 Å². The second kappa shape index (κ2) is 12.0. The number of likely N-dealkylation sites (N-methyl/N-ethyl adjacent to an activating group) is 1. The van der Waals surface area contributed by atoms with Gasteiger partial charge >= 0.3 is 0 Å². The Morgan fingerprint density at radius 3 is 2.86 bits per heavy atom. The fourth-order valence-electron chi connectivity index (χ4n) is 5.11. The van der Waals surface area contributed by atoms with Crippen molar-refractivity contribution in [2.45, 2.75) is 42.8 Å². The first-order chi connectivity index (χ1) is 17.7. The Bertz CT molecular complexity index is 1170. The molecule has 0 saturated carbocycles. The second-order valence-electron chi connectivity index (χ2n) is 9.31. The maximum absolute atomic E-state index is 5.88. The topological polar surface area (TPSA) is 60.0 Å². The van der Waals surface area contributed by atoms with Gasteiger partial charge in [0.15, 0.2) is 5.76 Å². The Labute approximate surface area is 217 Å². The Balaban J connectivity index is 1.14. The molecule has 1 aliphatic carbocycles. The van der Waals surface area contributed by atoms with Crippen LogP contribution in [0.15, 0.2) is 77.8 Å². The van der Waals surface area contributed by atoms with Gasteiger partial charge in [0.25, 0.3) is 0 Å². The number of piperidine rings is 1. The first-order valence-corrected chi connectivity index (χ1v) is 13.6. The smallest absolute Gasteiger partial charge is 0.160 e. The number of rotatable bonds is 9. The van der Waals surface area contributed by atoms with Gasteiger partial charge in [0.05, 0.1) is 30.4 Å². The highest BCUT2D eigenvalue weighted by Crippen LogP contribution is 2.31. The lowest BCUT2D eigenvalue weighted by atomic mass is 9.92. The Hall–Kier alpha value is -2.81. The van der Waals surface area contributed by atoms with E-state index >= 15 is 0 Å². The second-order valence-corrected chi connectivity index (χ2v) is 10.4. The number of aromatic nitrogens is 2. The summed E-state index contributed by atoms with van der Waals surface area (Å²) < 4.78 is 16.7. The van der Waals surface area contributed by atoms with Gasteiger partial charge in [0.2, 0.25) is 0 Å². The molecule has 1 unspecified atom stereocenters. The molecule has 3 heterocycles. The van der Waals surface area contributed by atoms with Crippen LogP contribution in [0.1, 0.15) is 25.7 Å². The fourth-order valence-corrected chi connectivity index (χ4v) is 5.96. The largest absolute Gasteiger partial charge is 0.497 e. The number of thioether (sulfide) groups is 1. The van der Waals surface area contributed by atoms with Crippen molar-refractivity contribution >= 4 is 22.8 Å². The van der Waals surface area contributed by atoms with E-state index in [1.54, 1.807) is 37.7 Å². The zero-order valence-corrected chi connectivity index (χ0v) is 21.8. The minimum absolute atomic E-state index is 0.108. The molecule has 1 atom stereocenters. The number of fused-ring (bicyclic) bond motifs is 1. The van der Waals surface area contributed by atoms with E-state index in [4.69, 9.17) is 19.2 Å². The van der Waals surface area contributed by atoms with E-state index in [2.05, 4.69) is 40.1 Å². The van der Waals surface area contributed by atoms with Gasteiger partial charge in [0, 0.05) is 24.4 Å². The molecular formula is C28H34N4O3S. The lowest BCUT2D eigenvalue weighted by molar-refractivity contribution is 0.0956. The summed E-state index contributed by atoms with van der Waals surface area (Å²) in [4.78, 5) is 14.4. The van der Waals surface area contributed by atoms with Crippen LogP contribution in [0.2, 0.25) is 0 Å². The van der Waals surface area contributed by atoms with Crippen LogP contribution in [0.25, 0.3) is 11.0 Å². The molecule has 1 saturated heterocycles. The number of benzene rings is 1. The van der Waals surface area contributed by atoms with Crippen LogP contribution in [0, 0.1) is 0 Å². The lowest BCUT2D eigenvalue weighted by Crippen LogP contribution is -2.49. The van der Waals surface area contributed by atoms with Crippen LogP contribution in [-0.2, 0) is 9.47 Å². The monoisotopic (exact) mass is 506 g/mol. The van der Waals surface area contributed by atoms with E-state index < -0.39 is 0 Å². The molecule has 0 N–H and O–H groups in total. The van der Waals surface area contributed by atoms with Crippen LogP contribution in [0.5, 0.6) is 5.75 Å². The maximum atomic E-state index is 5.88. The first kappa shape index (κ1) is 24.9. The van der Waals surface area contributed by atoms with Gasteiger partial charge in [-0.3, -0.25) is 9.88 Å². The number of nitrogens with zero attached hydrogens (tertiary/aromatic N) is 4. The normalized spacial score (nSPS) is 19.5. The molecule has 190 valence electrons. The molecule has 0 spiro atoms. The summed E-state index contributed by atoms with van der Waals surface area (Å²) in [5, 5.41) is 0.958. The minimum atomic E-state index is 0.108. The van der Waals surface area contributed by atoms with Crippen molar-refractivity contribution in [1.29, 1.82) is 0 Å².